The molecular weight excluding hydrogens is 306 g/mol. The maximum absolute atomic E-state index is 12.0. The van der Waals surface area contributed by atoms with E-state index in [1.807, 2.05) is 30.3 Å². The fourth-order valence-corrected chi connectivity index (χ4v) is 2.58. The molecule has 0 unspecified atom stereocenters. The fraction of sp³-hybridized carbons (Fsp3) is 0.429. The molecule has 0 bridgehead atoms. The summed E-state index contributed by atoms with van der Waals surface area (Å²) in [5.74, 6) is -0.273. The van der Waals surface area contributed by atoms with Crippen LogP contribution in [0.15, 0.2) is 30.3 Å². The number of amides is 2. The summed E-state index contributed by atoms with van der Waals surface area (Å²) in [7, 11) is -3.80. The zero-order chi connectivity index (χ0) is 16.2. The molecule has 0 radical (unpaired) electrons. The quantitative estimate of drug-likeness (QED) is 0.851. The molecule has 120 valence electrons. The fourth-order valence-electron chi connectivity index (χ4n) is 2.24. The van der Waals surface area contributed by atoms with Crippen molar-refractivity contribution < 1.29 is 18.0 Å². The van der Waals surface area contributed by atoms with Gasteiger partial charge in [0.15, 0.2) is 0 Å². The summed E-state index contributed by atoms with van der Waals surface area (Å²) in [6, 6.07) is 9.92. The van der Waals surface area contributed by atoms with E-state index in [9.17, 15) is 18.0 Å². The molecular formula is C14H19N3O4S. The van der Waals surface area contributed by atoms with Crippen LogP contribution in [0.4, 0.5) is 10.5 Å². The third-order valence-corrected chi connectivity index (χ3v) is 4.29. The number of sulfone groups is 1. The molecule has 0 atom stereocenters. The van der Waals surface area contributed by atoms with Gasteiger partial charge in [0.2, 0.25) is 15.7 Å². The monoisotopic (exact) mass is 325 g/mol. The van der Waals surface area contributed by atoms with Crippen molar-refractivity contribution in [3.63, 3.8) is 0 Å². The first-order chi connectivity index (χ1) is 10.4. The summed E-state index contributed by atoms with van der Waals surface area (Å²) in [5.41, 5.74) is 1.11. The van der Waals surface area contributed by atoms with Crippen molar-refractivity contribution in [1.29, 1.82) is 0 Å². The van der Waals surface area contributed by atoms with E-state index in [0.717, 1.165) is 11.9 Å². The van der Waals surface area contributed by atoms with E-state index in [1.54, 1.807) is 4.90 Å². The van der Waals surface area contributed by atoms with Crippen LogP contribution in [-0.4, -0.2) is 63.4 Å². The average Bonchev–Trinajstić information content (AvgIpc) is 2.52. The number of nitrogens with one attached hydrogen (secondary N) is 1. The lowest BCUT2D eigenvalue weighted by Gasteiger charge is -2.36. The second-order valence-electron chi connectivity index (χ2n) is 5.12. The highest BCUT2D eigenvalue weighted by atomic mass is 32.2. The number of rotatable bonds is 3. The van der Waals surface area contributed by atoms with Crippen molar-refractivity contribution in [3.05, 3.63) is 30.3 Å². The standard InChI is InChI=1S/C14H19N3O4S/c1-22(20,21)14(19)15-11-13(18)17-9-7-16(8-10-17)12-5-3-2-4-6-12/h2-6H,7-11H2,1H3,(H,15,19). The molecule has 1 heterocycles. The Hall–Kier alpha value is -2.09. The molecule has 0 saturated carbocycles. The number of nitrogens with zero attached hydrogens (tertiary/aromatic N) is 2. The second-order valence-corrected chi connectivity index (χ2v) is 7.03. The average molecular weight is 325 g/mol. The van der Waals surface area contributed by atoms with Gasteiger partial charge in [0.05, 0.1) is 6.54 Å². The number of benzene rings is 1. The number of piperazine rings is 1. The van der Waals surface area contributed by atoms with Crippen LogP contribution in [0.5, 0.6) is 0 Å². The summed E-state index contributed by atoms with van der Waals surface area (Å²) >= 11 is 0. The number of hydrogen-bond donors (Lipinski definition) is 1. The second kappa shape index (κ2) is 6.78. The first kappa shape index (κ1) is 16.3. The molecule has 1 aromatic rings. The van der Waals surface area contributed by atoms with Crippen LogP contribution < -0.4 is 10.2 Å². The molecule has 0 aromatic heterocycles. The predicted octanol–water partition coefficient (Wildman–Crippen LogP) is 0.0894. The Morgan fingerprint density at radius 1 is 1.09 bits per heavy atom. The highest BCUT2D eigenvalue weighted by Crippen LogP contribution is 2.15. The van der Waals surface area contributed by atoms with Gasteiger partial charge in [0.1, 0.15) is 0 Å². The smallest absolute Gasteiger partial charge is 0.336 e. The van der Waals surface area contributed by atoms with Crippen LogP contribution in [0.1, 0.15) is 0 Å². The van der Waals surface area contributed by atoms with Crippen LogP contribution in [0, 0.1) is 0 Å². The van der Waals surface area contributed by atoms with E-state index < -0.39 is 15.1 Å². The molecule has 1 aliphatic heterocycles. The van der Waals surface area contributed by atoms with Gasteiger partial charge in [0.25, 0.3) is 0 Å². The first-order valence-electron chi connectivity index (χ1n) is 6.93. The highest BCUT2D eigenvalue weighted by Gasteiger charge is 2.23. The Morgan fingerprint density at radius 2 is 1.68 bits per heavy atom. The molecule has 1 saturated heterocycles. The number of anilines is 1. The molecule has 22 heavy (non-hydrogen) atoms. The topological polar surface area (TPSA) is 86.8 Å². The molecule has 1 N–H and O–H groups in total. The van der Waals surface area contributed by atoms with Crippen molar-refractivity contribution >= 4 is 26.7 Å². The van der Waals surface area contributed by atoms with E-state index in [4.69, 9.17) is 0 Å². The Labute approximate surface area is 129 Å². The number of hydrogen-bond acceptors (Lipinski definition) is 5. The summed E-state index contributed by atoms with van der Waals surface area (Å²) in [6.45, 7) is 2.20. The van der Waals surface area contributed by atoms with Crippen LogP contribution in [-0.2, 0) is 14.6 Å². The zero-order valence-electron chi connectivity index (χ0n) is 12.4. The minimum Gasteiger partial charge on any atom is -0.368 e. The van der Waals surface area contributed by atoms with E-state index in [0.29, 0.717) is 26.2 Å². The van der Waals surface area contributed by atoms with Crippen molar-refractivity contribution in [3.8, 4) is 0 Å². The minimum atomic E-state index is -3.80. The number of para-hydroxylation sites is 1. The number of carbonyl (C=O) groups is 2. The van der Waals surface area contributed by atoms with Crippen LogP contribution in [0.2, 0.25) is 0 Å². The van der Waals surface area contributed by atoms with Gasteiger partial charge in [-0.25, -0.2) is 8.42 Å². The van der Waals surface area contributed by atoms with Crippen LogP contribution in [0.25, 0.3) is 0 Å². The van der Waals surface area contributed by atoms with E-state index >= 15 is 0 Å². The van der Waals surface area contributed by atoms with Gasteiger partial charge >= 0.3 is 5.24 Å². The molecule has 2 amide bonds. The SMILES string of the molecule is CS(=O)(=O)C(=O)NCC(=O)N1CCN(c2ccccc2)CC1. The number of carbonyl (C=O) groups excluding carboxylic acids is 2. The largest absolute Gasteiger partial charge is 0.368 e. The Morgan fingerprint density at radius 3 is 2.23 bits per heavy atom. The molecule has 0 spiro atoms. The van der Waals surface area contributed by atoms with Gasteiger partial charge in [-0.1, -0.05) is 18.2 Å². The van der Waals surface area contributed by atoms with Gasteiger partial charge in [-0.3, -0.25) is 9.59 Å². The normalized spacial score (nSPS) is 15.5. The summed E-state index contributed by atoms with van der Waals surface area (Å²) in [6.07, 6.45) is 0.811. The first-order valence-corrected chi connectivity index (χ1v) is 8.83. The van der Waals surface area contributed by atoms with Crippen molar-refractivity contribution in [2.24, 2.45) is 0 Å². The van der Waals surface area contributed by atoms with E-state index in [1.165, 1.54) is 0 Å². The zero-order valence-corrected chi connectivity index (χ0v) is 13.2. The van der Waals surface area contributed by atoms with Gasteiger partial charge in [0, 0.05) is 38.1 Å². The summed E-state index contributed by atoms with van der Waals surface area (Å²) in [4.78, 5) is 27.0. The molecule has 7 nitrogen and oxygen atoms in total. The maximum atomic E-state index is 12.0. The van der Waals surface area contributed by atoms with Crippen molar-refractivity contribution in [1.82, 2.24) is 10.2 Å². The highest BCUT2D eigenvalue weighted by molar-refractivity contribution is 8.05. The maximum Gasteiger partial charge on any atom is 0.336 e. The lowest BCUT2D eigenvalue weighted by atomic mass is 10.2. The summed E-state index contributed by atoms with van der Waals surface area (Å²) < 4.78 is 22.0. The lowest BCUT2D eigenvalue weighted by Crippen LogP contribution is -2.51. The Kier molecular flexibility index (Phi) is 5.02. The molecule has 2 rings (SSSR count). The predicted molar refractivity (Wildman–Crippen MR) is 83.5 cm³/mol. The van der Waals surface area contributed by atoms with Crippen LogP contribution >= 0.6 is 0 Å². The van der Waals surface area contributed by atoms with Crippen molar-refractivity contribution in [2.75, 3.05) is 43.9 Å². The Bertz CT molecular complexity index is 637. The van der Waals surface area contributed by atoms with Crippen molar-refractivity contribution in [2.45, 2.75) is 0 Å². The van der Waals surface area contributed by atoms with Crippen LogP contribution in [0.3, 0.4) is 0 Å². The van der Waals surface area contributed by atoms with E-state index in [-0.39, 0.29) is 12.5 Å². The van der Waals surface area contributed by atoms with Gasteiger partial charge in [-0.05, 0) is 12.1 Å². The van der Waals surface area contributed by atoms with Gasteiger partial charge in [-0.15, -0.1) is 0 Å². The third-order valence-electron chi connectivity index (χ3n) is 3.47. The lowest BCUT2D eigenvalue weighted by molar-refractivity contribution is -0.130. The Balaban J connectivity index is 1.81. The molecule has 1 aromatic carbocycles. The van der Waals surface area contributed by atoms with E-state index in [2.05, 4.69) is 10.2 Å². The molecule has 1 aliphatic rings. The summed E-state index contributed by atoms with van der Waals surface area (Å²) in [5, 5.41) is 1.01. The van der Waals surface area contributed by atoms with Gasteiger partial charge in [-0.2, -0.15) is 0 Å². The molecule has 8 heteroatoms. The third kappa shape index (κ3) is 4.20. The van der Waals surface area contributed by atoms with Gasteiger partial charge < -0.3 is 15.1 Å². The molecule has 1 fully saturated rings. The minimum absolute atomic E-state index is 0.273. The molecule has 0 aliphatic carbocycles.